The van der Waals surface area contributed by atoms with E-state index in [1.165, 1.54) is 18.4 Å². The molecule has 1 aliphatic rings. The Balaban J connectivity index is 0.00000180. The van der Waals surface area contributed by atoms with Gasteiger partial charge in [0, 0.05) is 12.6 Å². The molecule has 0 aromatic heterocycles. The summed E-state index contributed by atoms with van der Waals surface area (Å²) < 4.78 is 10.6. The molecule has 1 aromatic carbocycles. The van der Waals surface area contributed by atoms with Gasteiger partial charge < -0.3 is 40.0 Å². The maximum atomic E-state index is 5.93. The fourth-order valence-electron chi connectivity index (χ4n) is 2.61. The molecular weight excluding hydrogens is 299 g/mol. The number of hydrogen-bond acceptors (Lipinski definition) is 4. The smallest absolute Gasteiger partial charge is 0.161 e. The highest BCUT2D eigenvalue weighted by Crippen LogP contribution is 2.32. The lowest BCUT2D eigenvalue weighted by Crippen LogP contribution is -3.00. The van der Waals surface area contributed by atoms with E-state index in [-0.39, 0.29) is 30.9 Å². The minimum absolute atomic E-state index is 0. The van der Waals surface area contributed by atoms with Crippen LogP contribution in [0.5, 0.6) is 11.5 Å². The van der Waals surface area contributed by atoms with Gasteiger partial charge in [-0.05, 0) is 43.6 Å². The number of benzene rings is 1. The van der Waals surface area contributed by atoms with Gasteiger partial charge in [-0.2, -0.15) is 0 Å². The van der Waals surface area contributed by atoms with Crippen molar-refractivity contribution in [3.8, 4) is 11.5 Å². The summed E-state index contributed by atoms with van der Waals surface area (Å²) in [6.07, 6.45) is 2.54. The highest BCUT2D eigenvalue weighted by atomic mass is 35.5. The largest absolute Gasteiger partial charge is 1.00 e. The number of likely N-dealkylation sites (tertiary alicyclic amines) is 1. The topological polar surface area (TPSA) is 47.7 Å². The van der Waals surface area contributed by atoms with E-state index in [2.05, 4.69) is 11.0 Å². The second-order valence-electron chi connectivity index (χ2n) is 4.61. The molecule has 1 aliphatic heterocycles. The van der Waals surface area contributed by atoms with Gasteiger partial charge >= 0.3 is 0 Å². The molecule has 2 N–H and O–H groups in total. The third-order valence-electron chi connectivity index (χ3n) is 3.60. The van der Waals surface area contributed by atoms with E-state index in [0.717, 1.165) is 24.6 Å². The molecule has 1 fully saturated rings. The Morgan fingerprint density at radius 1 is 1.10 bits per heavy atom. The summed E-state index contributed by atoms with van der Waals surface area (Å²) in [6.45, 7) is 2.90. The molecule has 116 valence electrons. The fraction of sp³-hybridized carbons (Fsp3) is 0.571. The van der Waals surface area contributed by atoms with E-state index in [4.69, 9.17) is 15.2 Å². The average Bonchev–Trinajstić information content (AvgIpc) is 2.93. The Labute approximate surface area is 133 Å². The highest BCUT2D eigenvalue weighted by molar-refractivity contribution is 5.43. The van der Waals surface area contributed by atoms with Crippen molar-refractivity contribution in [1.29, 1.82) is 0 Å². The monoisotopic (exact) mass is 320 g/mol. The Kier molecular flexibility index (Phi) is 8.98. The Morgan fingerprint density at radius 2 is 1.70 bits per heavy atom. The van der Waals surface area contributed by atoms with E-state index >= 15 is 0 Å². The SMILES string of the molecule is COc1ccc(C(CN)N2CCCC2)cc1OC.[Cl-].[Cl-]. The minimum atomic E-state index is 0. The third-order valence-corrected chi connectivity index (χ3v) is 3.60. The number of methoxy groups -OCH3 is 2. The van der Waals surface area contributed by atoms with Crippen LogP contribution in [0.25, 0.3) is 0 Å². The molecule has 1 heterocycles. The van der Waals surface area contributed by atoms with Crippen LogP contribution in [0.1, 0.15) is 24.4 Å². The predicted molar refractivity (Wildman–Crippen MR) is 72.1 cm³/mol. The molecule has 20 heavy (non-hydrogen) atoms. The number of halogens is 2. The predicted octanol–water partition coefficient (Wildman–Crippen LogP) is -4.19. The first-order valence-corrected chi connectivity index (χ1v) is 6.46. The van der Waals surface area contributed by atoms with E-state index in [0.29, 0.717) is 6.54 Å². The number of rotatable bonds is 5. The van der Waals surface area contributed by atoms with Crippen molar-refractivity contribution >= 4 is 0 Å². The normalized spacial score (nSPS) is 15.9. The van der Waals surface area contributed by atoms with Crippen molar-refractivity contribution in [3.05, 3.63) is 23.8 Å². The first-order chi connectivity index (χ1) is 8.80. The van der Waals surface area contributed by atoms with Crippen molar-refractivity contribution in [2.75, 3.05) is 33.9 Å². The Hall–Kier alpha value is -0.680. The molecule has 2 rings (SSSR count). The zero-order valence-electron chi connectivity index (χ0n) is 11.9. The molecule has 1 unspecified atom stereocenters. The summed E-state index contributed by atoms with van der Waals surface area (Å²) >= 11 is 0. The number of ether oxygens (including phenoxy) is 2. The maximum absolute atomic E-state index is 5.93. The molecule has 1 atom stereocenters. The van der Waals surface area contributed by atoms with E-state index < -0.39 is 0 Å². The van der Waals surface area contributed by atoms with Crippen LogP contribution in [0.3, 0.4) is 0 Å². The molecule has 0 saturated carbocycles. The van der Waals surface area contributed by atoms with Gasteiger partial charge in [0.25, 0.3) is 0 Å². The van der Waals surface area contributed by atoms with Crippen LogP contribution < -0.4 is 40.0 Å². The molecule has 0 amide bonds. The van der Waals surface area contributed by atoms with Crippen LogP contribution in [0.15, 0.2) is 18.2 Å². The van der Waals surface area contributed by atoms with Gasteiger partial charge in [0.05, 0.1) is 14.2 Å². The quantitative estimate of drug-likeness (QED) is 0.598. The van der Waals surface area contributed by atoms with Crippen molar-refractivity contribution < 1.29 is 34.3 Å². The van der Waals surface area contributed by atoms with Crippen LogP contribution in [0.2, 0.25) is 0 Å². The van der Waals surface area contributed by atoms with Crippen molar-refractivity contribution in [2.45, 2.75) is 18.9 Å². The van der Waals surface area contributed by atoms with Gasteiger partial charge in [0.15, 0.2) is 11.5 Å². The van der Waals surface area contributed by atoms with Crippen LogP contribution in [-0.4, -0.2) is 38.8 Å². The molecule has 0 bridgehead atoms. The molecule has 1 saturated heterocycles. The second-order valence-corrected chi connectivity index (χ2v) is 4.61. The molecule has 0 aliphatic carbocycles. The minimum Gasteiger partial charge on any atom is -1.00 e. The summed E-state index contributed by atoms with van der Waals surface area (Å²) in [7, 11) is 3.31. The number of nitrogens with two attached hydrogens (primary N) is 1. The zero-order chi connectivity index (χ0) is 13.0. The van der Waals surface area contributed by atoms with Gasteiger partial charge in [-0.1, -0.05) is 6.07 Å². The van der Waals surface area contributed by atoms with Gasteiger partial charge in [-0.3, -0.25) is 4.90 Å². The summed E-state index contributed by atoms with van der Waals surface area (Å²) in [4.78, 5) is 2.45. The first kappa shape index (κ1) is 19.3. The lowest BCUT2D eigenvalue weighted by atomic mass is 10.0. The van der Waals surface area contributed by atoms with Crippen LogP contribution in [0.4, 0.5) is 0 Å². The molecular formula is C14H22Cl2N2O2-2. The van der Waals surface area contributed by atoms with Crippen molar-refractivity contribution in [2.24, 2.45) is 5.73 Å². The van der Waals surface area contributed by atoms with Gasteiger partial charge in [0.2, 0.25) is 0 Å². The molecule has 1 aromatic rings. The van der Waals surface area contributed by atoms with Gasteiger partial charge in [0.1, 0.15) is 0 Å². The third kappa shape index (κ3) is 4.16. The number of nitrogens with zero attached hydrogens (tertiary/aromatic N) is 1. The maximum Gasteiger partial charge on any atom is 0.161 e. The molecule has 0 spiro atoms. The number of hydrogen-bond donors (Lipinski definition) is 1. The van der Waals surface area contributed by atoms with Crippen molar-refractivity contribution in [1.82, 2.24) is 4.90 Å². The lowest BCUT2D eigenvalue weighted by molar-refractivity contribution is -0.001000. The van der Waals surface area contributed by atoms with Crippen LogP contribution in [0, 0.1) is 0 Å². The Bertz CT molecular complexity index is 399. The van der Waals surface area contributed by atoms with Crippen molar-refractivity contribution in [3.63, 3.8) is 0 Å². The zero-order valence-corrected chi connectivity index (χ0v) is 13.5. The first-order valence-electron chi connectivity index (χ1n) is 6.46. The molecule has 0 radical (unpaired) electrons. The van der Waals surface area contributed by atoms with Crippen LogP contribution in [-0.2, 0) is 0 Å². The molecule has 6 heteroatoms. The second kappa shape index (κ2) is 9.29. The fourth-order valence-corrected chi connectivity index (χ4v) is 2.61. The highest BCUT2D eigenvalue weighted by Gasteiger charge is 2.23. The summed E-state index contributed by atoms with van der Waals surface area (Å²) in [5, 5.41) is 0. The summed E-state index contributed by atoms with van der Waals surface area (Å²) in [5.74, 6) is 1.53. The van der Waals surface area contributed by atoms with E-state index in [9.17, 15) is 0 Å². The summed E-state index contributed by atoms with van der Waals surface area (Å²) in [6, 6.07) is 6.35. The van der Waals surface area contributed by atoms with Gasteiger partial charge in [-0.25, -0.2) is 0 Å². The standard InChI is InChI=1S/C14H22N2O2.2ClH/c1-17-13-6-5-11(9-14(13)18-2)12(10-15)16-7-3-4-8-16;;/h5-6,9,12H,3-4,7-8,10,15H2,1-2H3;2*1H/p-2. The van der Waals surface area contributed by atoms with E-state index in [1.807, 2.05) is 12.1 Å². The van der Waals surface area contributed by atoms with Crippen LogP contribution >= 0.6 is 0 Å². The summed E-state index contributed by atoms with van der Waals surface area (Å²) in [5.41, 5.74) is 7.14. The average molecular weight is 321 g/mol. The lowest BCUT2D eigenvalue weighted by Gasteiger charge is -2.27. The van der Waals surface area contributed by atoms with Gasteiger partial charge in [-0.15, -0.1) is 0 Å². The van der Waals surface area contributed by atoms with E-state index in [1.54, 1.807) is 14.2 Å². The molecule has 4 nitrogen and oxygen atoms in total. The Morgan fingerprint density at radius 3 is 2.20 bits per heavy atom.